The maximum Gasteiger partial charge on any atom is 0.257 e. The lowest BCUT2D eigenvalue weighted by atomic mass is 9.77. The second-order valence-corrected chi connectivity index (χ2v) is 8.55. The summed E-state index contributed by atoms with van der Waals surface area (Å²) < 4.78 is 5.44. The molecule has 0 bridgehead atoms. The van der Waals surface area contributed by atoms with E-state index in [1.54, 1.807) is 5.01 Å². The number of rotatable bonds is 4. The molecule has 0 spiro atoms. The number of carbonyl (C=O) groups is 1. The van der Waals surface area contributed by atoms with Crippen LogP contribution in [0.25, 0.3) is 6.08 Å². The number of benzene rings is 2. The number of nitrogens with zero attached hydrogens (tertiary/aromatic N) is 3. The van der Waals surface area contributed by atoms with Gasteiger partial charge in [0.05, 0.1) is 31.5 Å². The van der Waals surface area contributed by atoms with Gasteiger partial charge in [-0.1, -0.05) is 60.7 Å². The van der Waals surface area contributed by atoms with Gasteiger partial charge in [-0.3, -0.25) is 9.69 Å². The molecule has 0 N–H and O–H groups in total. The minimum atomic E-state index is -0.0239. The zero-order valence-corrected chi connectivity index (χ0v) is 17.8. The fraction of sp³-hybridized carbons (Fsp3) is 0.385. The van der Waals surface area contributed by atoms with Crippen LogP contribution in [0, 0.1) is 5.92 Å². The summed E-state index contributed by atoms with van der Waals surface area (Å²) in [5, 5.41) is 6.77. The number of hydrazone groups is 1. The van der Waals surface area contributed by atoms with Crippen LogP contribution in [0.15, 0.2) is 71.3 Å². The third kappa shape index (κ3) is 4.34. The molecule has 1 saturated carbocycles. The summed E-state index contributed by atoms with van der Waals surface area (Å²) in [4.78, 5) is 15.6. The normalized spacial score (nSPS) is 25.4. The first-order chi connectivity index (χ1) is 15.3. The van der Waals surface area contributed by atoms with Crippen molar-refractivity contribution in [3.05, 3.63) is 77.4 Å². The number of allylic oxidation sites excluding steroid dienone is 1. The third-order valence-corrected chi connectivity index (χ3v) is 6.50. The van der Waals surface area contributed by atoms with Crippen LogP contribution in [0.4, 0.5) is 0 Å². The number of morpholine rings is 1. The number of hydrogen-bond acceptors (Lipinski definition) is 4. The van der Waals surface area contributed by atoms with Crippen molar-refractivity contribution < 1.29 is 9.53 Å². The van der Waals surface area contributed by atoms with Crippen LogP contribution < -0.4 is 0 Å². The summed E-state index contributed by atoms with van der Waals surface area (Å²) in [6, 6.07) is 20.8. The molecule has 2 heterocycles. The minimum Gasteiger partial charge on any atom is -0.379 e. The first-order valence-corrected chi connectivity index (χ1v) is 11.3. The molecule has 5 heteroatoms. The van der Waals surface area contributed by atoms with Crippen molar-refractivity contribution >= 4 is 17.7 Å². The molecule has 5 nitrogen and oxygen atoms in total. The van der Waals surface area contributed by atoms with E-state index < -0.39 is 0 Å². The van der Waals surface area contributed by atoms with E-state index in [1.807, 2.05) is 12.1 Å². The van der Waals surface area contributed by atoms with Crippen LogP contribution in [0.1, 0.15) is 36.4 Å². The number of amides is 1. The molecular formula is C26H29N3O2. The molecule has 0 aromatic heterocycles. The Morgan fingerprint density at radius 1 is 1.03 bits per heavy atom. The van der Waals surface area contributed by atoms with Gasteiger partial charge in [-0.2, -0.15) is 5.10 Å². The number of hydrogen-bond donors (Lipinski definition) is 0. The molecule has 2 unspecified atom stereocenters. The molecule has 2 aromatic carbocycles. The van der Waals surface area contributed by atoms with Crippen molar-refractivity contribution in [2.24, 2.45) is 11.0 Å². The Labute approximate surface area is 184 Å². The Balaban J connectivity index is 1.47. The second kappa shape index (κ2) is 9.16. The van der Waals surface area contributed by atoms with Crippen LogP contribution in [0.3, 0.4) is 0 Å². The van der Waals surface area contributed by atoms with Crippen molar-refractivity contribution in [3.8, 4) is 0 Å². The van der Waals surface area contributed by atoms with Crippen molar-refractivity contribution in [2.75, 3.05) is 32.8 Å². The molecule has 5 rings (SSSR count). The van der Waals surface area contributed by atoms with Crippen molar-refractivity contribution in [3.63, 3.8) is 0 Å². The summed E-state index contributed by atoms with van der Waals surface area (Å²) in [5.74, 6) is 0.330. The van der Waals surface area contributed by atoms with Gasteiger partial charge in [-0.15, -0.1) is 0 Å². The van der Waals surface area contributed by atoms with Gasteiger partial charge in [0.2, 0.25) is 0 Å². The van der Waals surface area contributed by atoms with Crippen LogP contribution in [-0.4, -0.2) is 54.4 Å². The van der Waals surface area contributed by atoms with Crippen molar-refractivity contribution in [2.45, 2.75) is 25.3 Å². The van der Waals surface area contributed by atoms with Crippen LogP contribution in [-0.2, 0) is 9.53 Å². The van der Waals surface area contributed by atoms with E-state index in [0.29, 0.717) is 19.8 Å². The van der Waals surface area contributed by atoms with Gasteiger partial charge >= 0.3 is 0 Å². The Bertz CT molecular complexity index is 965. The molecule has 2 aliphatic heterocycles. The topological polar surface area (TPSA) is 45.1 Å². The largest absolute Gasteiger partial charge is 0.379 e. The molecule has 1 saturated heterocycles. The number of fused-ring (bicyclic) bond motifs is 1. The average Bonchev–Trinajstić information content (AvgIpc) is 3.22. The fourth-order valence-electron chi connectivity index (χ4n) is 4.96. The van der Waals surface area contributed by atoms with Gasteiger partial charge in [0.25, 0.3) is 5.91 Å². The third-order valence-electron chi connectivity index (χ3n) is 6.50. The maximum atomic E-state index is 13.4. The highest BCUT2D eigenvalue weighted by molar-refractivity contribution is 6.08. The van der Waals surface area contributed by atoms with E-state index in [-0.39, 0.29) is 17.9 Å². The van der Waals surface area contributed by atoms with Gasteiger partial charge < -0.3 is 4.74 Å². The van der Waals surface area contributed by atoms with Crippen LogP contribution in [0.5, 0.6) is 0 Å². The second-order valence-electron chi connectivity index (χ2n) is 8.55. The van der Waals surface area contributed by atoms with E-state index in [1.165, 1.54) is 16.7 Å². The van der Waals surface area contributed by atoms with E-state index in [2.05, 4.69) is 59.5 Å². The lowest BCUT2D eigenvalue weighted by Gasteiger charge is -2.31. The van der Waals surface area contributed by atoms with Gasteiger partial charge in [0, 0.05) is 19.0 Å². The minimum absolute atomic E-state index is 0.0239. The molecule has 0 radical (unpaired) electrons. The molecular weight excluding hydrogens is 386 g/mol. The summed E-state index contributed by atoms with van der Waals surface area (Å²) in [6.45, 7) is 3.38. The molecule has 2 aromatic rings. The maximum absolute atomic E-state index is 13.4. The highest BCUT2D eigenvalue weighted by Crippen LogP contribution is 2.44. The summed E-state index contributed by atoms with van der Waals surface area (Å²) in [5.41, 5.74) is 4.72. The molecule has 1 amide bonds. The summed E-state index contributed by atoms with van der Waals surface area (Å²) in [7, 11) is 0. The Kier molecular flexibility index (Phi) is 5.96. The standard InChI is InChI=1S/C26H29N3O2/c30-24(19-28-14-16-31-17-15-28)29-26(21-10-5-2-6-11-21)23-13-7-12-22(25(23)27-29)18-20-8-3-1-4-9-20/h1-6,8-11,18,23,26H,7,12-17,19H2/b22-18+. The lowest BCUT2D eigenvalue weighted by molar-refractivity contribution is -0.135. The summed E-state index contributed by atoms with van der Waals surface area (Å²) in [6.07, 6.45) is 5.45. The Morgan fingerprint density at radius 2 is 1.74 bits per heavy atom. The van der Waals surface area contributed by atoms with Crippen molar-refractivity contribution in [1.82, 2.24) is 9.91 Å². The predicted molar refractivity (Wildman–Crippen MR) is 122 cm³/mol. The average molecular weight is 416 g/mol. The van der Waals surface area contributed by atoms with Gasteiger partial charge in [0.1, 0.15) is 0 Å². The zero-order valence-electron chi connectivity index (χ0n) is 17.8. The Morgan fingerprint density at radius 3 is 2.48 bits per heavy atom. The zero-order chi connectivity index (χ0) is 21.0. The number of ether oxygens (including phenoxy) is 1. The quantitative estimate of drug-likeness (QED) is 0.754. The Hall–Kier alpha value is -2.76. The smallest absolute Gasteiger partial charge is 0.257 e. The molecule has 2 atom stereocenters. The SMILES string of the molecule is O=C(CN1CCOCC1)N1N=C2/C(=C/c3ccccc3)CCCC2C1c1ccccc1. The van der Waals surface area contributed by atoms with Crippen LogP contribution >= 0.6 is 0 Å². The number of carbonyl (C=O) groups excluding carboxylic acids is 1. The van der Waals surface area contributed by atoms with Gasteiger partial charge in [0.15, 0.2) is 0 Å². The fourth-order valence-corrected chi connectivity index (χ4v) is 4.96. The molecule has 1 aliphatic carbocycles. The lowest BCUT2D eigenvalue weighted by Crippen LogP contribution is -2.44. The monoisotopic (exact) mass is 415 g/mol. The molecule has 31 heavy (non-hydrogen) atoms. The molecule has 3 aliphatic rings. The van der Waals surface area contributed by atoms with Gasteiger partial charge in [-0.05, 0) is 42.0 Å². The molecule has 2 fully saturated rings. The highest BCUT2D eigenvalue weighted by atomic mass is 16.5. The van der Waals surface area contributed by atoms with E-state index in [9.17, 15) is 4.79 Å². The highest BCUT2D eigenvalue weighted by Gasteiger charge is 2.43. The first-order valence-electron chi connectivity index (χ1n) is 11.3. The van der Waals surface area contributed by atoms with Crippen molar-refractivity contribution in [1.29, 1.82) is 0 Å². The van der Waals surface area contributed by atoms with E-state index >= 15 is 0 Å². The van der Waals surface area contributed by atoms with Gasteiger partial charge in [-0.25, -0.2) is 5.01 Å². The first kappa shape index (κ1) is 20.2. The predicted octanol–water partition coefficient (Wildman–Crippen LogP) is 4.14. The summed E-state index contributed by atoms with van der Waals surface area (Å²) >= 11 is 0. The molecule has 160 valence electrons. The van der Waals surface area contributed by atoms with E-state index in [4.69, 9.17) is 9.84 Å². The van der Waals surface area contributed by atoms with E-state index in [0.717, 1.165) is 38.1 Å². The van der Waals surface area contributed by atoms with Crippen LogP contribution in [0.2, 0.25) is 0 Å².